The Kier molecular flexibility index (Phi) is 2.66. The number of benzene rings is 1. The molecule has 0 atom stereocenters. The maximum absolute atomic E-state index is 10.7. The Morgan fingerprint density at radius 2 is 2.00 bits per heavy atom. The molecule has 0 aliphatic carbocycles. The lowest BCUT2D eigenvalue weighted by Gasteiger charge is -2.02. The first-order chi connectivity index (χ1) is 7.63. The molecule has 2 aromatic rings. The molecule has 0 saturated carbocycles. The first-order valence-corrected chi connectivity index (χ1v) is 4.98. The highest BCUT2D eigenvalue weighted by Gasteiger charge is 2.14. The van der Waals surface area contributed by atoms with Crippen LogP contribution >= 0.6 is 11.6 Å². The van der Waals surface area contributed by atoms with Crippen molar-refractivity contribution in [3.63, 3.8) is 0 Å². The Hall–Kier alpha value is -1.81. The quantitative estimate of drug-likeness (QED) is 0.814. The molecule has 0 radical (unpaired) electrons. The van der Waals surface area contributed by atoms with Crippen LogP contribution in [-0.4, -0.2) is 21.2 Å². The first kappa shape index (κ1) is 10.7. The van der Waals surface area contributed by atoms with Crippen LogP contribution in [0.5, 0.6) is 5.75 Å². The Bertz CT molecular complexity index is 532. The zero-order valence-electron chi connectivity index (χ0n) is 8.51. The van der Waals surface area contributed by atoms with Crippen LogP contribution in [-0.2, 0) is 7.05 Å². The number of aldehydes is 1. The zero-order chi connectivity index (χ0) is 11.7. The highest BCUT2D eigenvalue weighted by atomic mass is 35.5. The van der Waals surface area contributed by atoms with Crippen LogP contribution in [0.25, 0.3) is 11.3 Å². The average Bonchev–Trinajstić information content (AvgIpc) is 2.56. The third-order valence-corrected chi connectivity index (χ3v) is 2.64. The minimum absolute atomic E-state index is 0.178. The van der Waals surface area contributed by atoms with E-state index in [1.165, 1.54) is 0 Å². The smallest absolute Gasteiger partial charge is 0.171 e. The standard InChI is InChI=1S/C11H9ClN2O2/c1-14-11(10(12)9(6-15)13-14)7-2-4-8(16)5-3-7/h2-6,16H,1H3. The van der Waals surface area contributed by atoms with Crippen LogP contribution in [0, 0.1) is 0 Å². The monoisotopic (exact) mass is 236 g/mol. The van der Waals surface area contributed by atoms with Crippen molar-refractivity contribution in [2.24, 2.45) is 7.05 Å². The van der Waals surface area contributed by atoms with Gasteiger partial charge in [0.25, 0.3) is 0 Å². The number of hydrogen-bond donors (Lipinski definition) is 1. The van der Waals surface area contributed by atoms with Gasteiger partial charge in [-0.05, 0) is 24.3 Å². The number of rotatable bonds is 2. The van der Waals surface area contributed by atoms with Crippen LogP contribution in [0.1, 0.15) is 10.5 Å². The molecule has 1 N–H and O–H groups in total. The summed E-state index contributed by atoms with van der Waals surface area (Å²) in [6.07, 6.45) is 0.617. The second kappa shape index (κ2) is 3.98. The fraction of sp³-hybridized carbons (Fsp3) is 0.0909. The van der Waals surface area contributed by atoms with Crippen molar-refractivity contribution in [3.8, 4) is 17.0 Å². The summed E-state index contributed by atoms with van der Waals surface area (Å²) in [6, 6.07) is 6.54. The molecular weight excluding hydrogens is 228 g/mol. The first-order valence-electron chi connectivity index (χ1n) is 4.60. The summed E-state index contributed by atoms with van der Waals surface area (Å²) in [7, 11) is 1.71. The summed E-state index contributed by atoms with van der Waals surface area (Å²) in [5, 5.41) is 13.5. The van der Waals surface area contributed by atoms with E-state index in [4.69, 9.17) is 11.6 Å². The summed E-state index contributed by atoms with van der Waals surface area (Å²) in [6.45, 7) is 0. The van der Waals surface area contributed by atoms with E-state index in [0.717, 1.165) is 5.56 Å². The van der Waals surface area contributed by atoms with E-state index in [9.17, 15) is 9.90 Å². The van der Waals surface area contributed by atoms with Gasteiger partial charge < -0.3 is 5.11 Å². The van der Waals surface area contributed by atoms with Gasteiger partial charge in [-0.2, -0.15) is 5.10 Å². The number of carbonyl (C=O) groups excluding carboxylic acids is 1. The van der Waals surface area contributed by atoms with Crippen LogP contribution < -0.4 is 0 Å². The molecule has 4 nitrogen and oxygen atoms in total. The molecular formula is C11H9ClN2O2. The molecule has 0 bridgehead atoms. The summed E-state index contributed by atoms with van der Waals surface area (Å²) in [5.74, 6) is 0.178. The van der Waals surface area contributed by atoms with Gasteiger partial charge in [-0.3, -0.25) is 9.48 Å². The van der Waals surface area contributed by atoms with Crippen molar-refractivity contribution in [3.05, 3.63) is 35.0 Å². The molecule has 1 aromatic heterocycles. The molecule has 1 heterocycles. The Morgan fingerprint density at radius 3 is 2.50 bits per heavy atom. The number of carbonyl (C=O) groups is 1. The van der Waals surface area contributed by atoms with E-state index in [2.05, 4.69) is 5.10 Å². The number of phenols is 1. The van der Waals surface area contributed by atoms with Crippen molar-refractivity contribution in [1.29, 1.82) is 0 Å². The van der Waals surface area contributed by atoms with Gasteiger partial charge in [0.15, 0.2) is 6.29 Å². The number of aromatic hydroxyl groups is 1. The molecule has 1 aromatic carbocycles. The van der Waals surface area contributed by atoms with E-state index in [1.54, 1.807) is 36.0 Å². The van der Waals surface area contributed by atoms with Crippen molar-refractivity contribution >= 4 is 17.9 Å². The van der Waals surface area contributed by atoms with E-state index < -0.39 is 0 Å². The van der Waals surface area contributed by atoms with E-state index in [1.807, 2.05) is 0 Å². The third-order valence-electron chi connectivity index (χ3n) is 2.27. The maximum atomic E-state index is 10.7. The molecule has 2 rings (SSSR count). The van der Waals surface area contributed by atoms with E-state index in [-0.39, 0.29) is 11.4 Å². The Labute approximate surface area is 97.1 Å². The molecule has 0 unspecified atom stereocenters. The van der Waals surface area contributed by atoms with Crippen LogP contribution in [0.2, 0.25) is 5.02 Å². The van der Waals surface area contributed by atoms with Gasteiger partial charge >= 0.3 is 0 Å². The topological polar surface area (TPSA) is 55.1 Å². The zero-order valence-corrected chi connectivity index (χ0v) is 9.27. The van der Waals surface area contributed by atoms with Crippen molar-refractivity contribution in [1.82, 2.24) is 9.78 Å². The van der Waals surface area contributed by atoms with Gasteiger partial charge in [0.2, 0.25) is 0 Å². The fourth-order valence-electron chi connectivity index (χ4n) is 1.53. The molecule has 0 saturated heterocycles. The second-order valence-electron chi connectivity index (χ2n) is 3.34. The molecule has 5 heteroatoms. The number of hydrogen-bond acceptors (Lipinski definition) is 3. The predicted molar refractivity (Wildman–Crippen MR) is 60.7 cm³/mol. The van der Waals surface area contributed by atoms with Gasteiger partial charge in [-0.1, -0.05) is 11.6 Å². The van der Waals surface area contributed by atoms with Crippen LogP contribution in [0.15, 0.2) is 24.3 Å². The fourth-order valence-corrected chi connectivity index (χ4v) is 1.84. The van der Waals surface area contributed by atoms with Crippen molar-refractivity contribution in [2.75, 3.05) is 0 Å². The van der Waals surface area contributed by atoms with E-state index in [0.29, 0.717) is 17.0 Å². The second-order valence-corrected chi connectivity index (χ2v) is 3.71. The largest absolute Gasteiger partial charge is 0.508 e. The van der Waals surface area contributed by atoms with Crippen molar-refractivity contribution < 1.29 is 9.90 Å². The summed E-state index contributed by atoms with van der Waals surface area (Å²) in [5.41, 5.74) is 1.67. The third kappa shape index (κ3) is 1.67. The van der Waals surface area contributed by atoms with Gasteiger partial charge in [0.05, 0.1) is 10.7 Å². The van der Waals surface area contributed by atoms with Crippen LogP contribution in [0.4, 0.5) is 0 Å². The van der Waals surface area contributed by atoms with Gasteiger partial charge in [0.1, 0.15) is 11.4 Å². The molecule has 82 valence electrons. The molecule has 0 aliphatic heterocycles. The lowest BCUT2D eigenvalue weighted by atomic mass is 10.1. The number of phenolic OH excluding ortho intramolecular Hbond substituents is 1. The lowest BCUT2D eigenvalue weighted by molar-refractivity contribution is 0.111. The highest BCUT2D eigenvalue weighted by molar-refractivity contribution is 6.35. The lowest BCUT2D eigenvalue weighted by Crippen LogP contribution is -1.94. The molecule has 0 spiro atoms. The van der Waals surface area contributed by atoms with Gasteiger partial charge in [-0.15, -0.1) is 0 Å². The van der Waals surface area contributed by atoms with Gasteiger partial charge in [-0.25, -0.2) is 0 Å². The van der Waals surface area contributed by atoms with Crippen LogP contribution in [0.3, 0.4) is 0 Å². The molecule has 0 aliphatic rings. The number of halogens is 1. The number of aryl methyl sites for hydroxylation is 1. The SMILES string of the molecule is Cn1nc(C=O)c(Cl)c1-c1ccc(O)cc1. The summed E-state index contributed by atoms with van der Waals surface area (Å²) >= 11 is 6.03. The number of nitrogens with zero attached hydrogens (tertiary/aromatic N) is 2. The summed E-state index contributed by atoms with van der Waals surface area (Å²) in [4.78, 5) is 10.7. The molecule has 0 fully saturated rings. The Morgan fingerprint density at radius 1 is 1.38 bits per heavy atom. The highest BCUT2D eigenvalue weighted by Crippen LogP contribution is 2.30. The van der Waals surface area contributed by atoms with E-state index >= 15 is 0 Å². The van der Waals surface area contributed by atoms with Gasteiger partial charge in [0, 0.05) is 12.6 Å². The molecule has 16 heavy (non-hydrogen) atoms. The number of aromatic nitrogens is 2. The van der Waals surface area contributed by atoms with Crippen molar-refractivity contribution in [2.45, 2.75) is 0 Å². The average molecular weight is 237 g/mol. The minimum atomic E-state index is 0.178. The Balaban J connectivity index is 2.59. The summed E-state index contributed by atoms with van der Waals surface area (Å²) < 4.78 is 1.54. The predicted octanol–water partition coefficient (Wildman–Crippen LogP) is 2.26. The minimum Gasteiger partial charge on any atom is -0.508 e. The maximum Gasteiger partial charge on any atom is 0.171 e. The molecule has 0 amide bonds. The normalized spacial score (nSPS) is 10.4.